The Kier molecular flexibility index (Phi) is 4.55. The van der Waals surface area contributed by atoms with Crippen LogP contribution in [0.15, 0.2) is 52.2 Å². The van der Waals surface area contributed by atoms with Gasteiger partial charge >= 0.3 is 0 Å². The van der Waals surface area contributed by atoms with Crippen LogP contribution in [0.3, 0.4) is 0 Å². The van der Waals surface area contributed by atoms with Crippen LogP contribution in [0, 0.1) is 0 Å². The van der Waals surface area contributed by atoms with Gasteiger partial charge in [-0.2, -0.15) is 0 Å². The SMILES string of the molecule is CC(C)Sc1nnc(-c2ccc(Cl)cc2)n1Cc1ccco1. The van der Waals surface area contributed by atoms with Gasteiger partial charge in [-0.05, 0) is 36.4 Å². The van der Waals surface area contributed by atoms with E-state index in [9.17, 15) is 0 Å². The molecule has 0 bridgehead atoms. The maximum Gasteiger partial charge on any atom is 0.192 e. The highest BCUT2D eigenvalue weighted by atomic mass is 35.5. The highest BCUT2D eigenvalue weighted by Crippen LogP contribution is 2.28. The molecule has 2 aromatic heterocycles. The molecule has 0 aliphatic carbocycles. The Morgan fingerprint density at radius 3 is 2.59 bits per heavy atom. The molecule has 0 amide bonds. The molecule has 6 heteroatoms. The number of aromatic nitrogens is 3. The van der Waals surface area contributed by atoms with E-state index in [1.54, 1.807) is 18.0 Å². The van der Waals surface area contributed by atoms with E-state index in [2.05, 4.69) is 28.6 Å². The van der Waals surface area contributed by atoms with Gasteiger partial charge in [0.1, 0.15) is 5.76 Å². The summed E-state index contributed by atoms with van der Waals surface area (Å²) in [6.45, 7) is 4.88. The zero-order chi connectivity index (χ0) is 15.5. The Morgan fingerprint density at radius 2 is 1.95 bits per heavy atom. The van der Waals surface area contributed by atoms with E-state index in [0.29, 0.717) is 16.8 Å². The second-order valence-electron chi connectivity index (χ2n) is 5.15. The number of nitrogens with zero attached hydrogens (tertiary/aromatic N) is 3. The molecule has 1 aromatic carbocycles. The third-order valence-electron chi connectivity index (χ3n) is 3.05. The van der Waals surface area contributed by atoms with Crippen molar-refractivity contribution >= 4 is 23.4 Å². The van der Waals surface area contributed by atoms with Crippen LogP contribution < -0.4 is 0 Å². The molecule has 3 rings (SSSR count). The van der Waals surface area contributed by atoms with Crippen molar-refractivity contribution in [1.29, 1.82) is 0 Å². The molecule has 0 saturated heterocycles. The van der Waals surface area contributed by atoms with E-state index >= 15 is 0 Å². The van der Waals surface area contributed by atoms with Gasteiger partial charge in [-0.3, -0.25) is 4.57 Å². The van der Waals surface area contributed by atoms with Crippen molar-refractivity contribution in [3.05, 3.63) is 53.4 Å². The summed E-state index contributed by atoms with van der Waals surface area (Å²) < 4.78 is 7.55. The minimum atomic E-state index is 0.428. The molecule has 2 heterocycles. The molecule has 0 aliphatic rings. The van der Waals surface area contributed by atoms with E-state index in [1.165, 1.54) is 0 Å². The van der Waals surface area contributed by atoms with Crippen LogP contribution in [0.5, 0.6) is 0 Å². The monoisotopic (exact) mass is 333 g/mol. The molecule has 0 aliphatic heterocycles. The summed E-state index contributed by atoms with van der Waals surface area (Å²) in [5.41, 5.74) is 0.985. The quantitative estimate of drug-likeness (QED) is 0.632. The Bertz CT molecular complexity index is 735. The van der Waals surface area contributed by atoms with E-state index in [1.807, 2.05) is 36.4 Å². The predicted octanol–water partition coefficient (Wildman–Crippen LogP) is 4.74. The van der Waals surface area contributed by atoms with Gasteiger partial charge in [0.05, 0.1) is 12.8 Å². The van der Waals surface area contributed by atoms with Crippen LogP contribution in [0.1, 0.15) is 19.6 Å². The molecule has 0 unspecified atom stereocenters. The third-order valence-corrected chi connectivity index (χ3v) is 4.29. The first-order chi connectivity index (χ1) is 10.6. The average Bonchev–Trinajstić information content (AvgIpc) is 3.11. The van der Waals surface area contributed by atoms with Gasteiger partial charge in [-0.15, -0.1) is 10.2 Å². The molecule has 0 saturated carbocycles. The molecule has 0 fully saturated rings. The van der Waals surface area contributed by atoms with Gasteiger partial charge in [0.25, 0.3) is 0 Å². The van der Waals surface area contributed by atoms with Gasteiger partial charge in [-0.25, -0.2) is 0 Å². The van der Waals surface area contributed by atoms with Crippen LogP contribution in [0.25, 0.3) is 11.4 Å². The van der Waals surface area contributed by atoms with Gasteiger partial charge in [-0.1, -0.05) is 37.2 Å². The number of furan rings is 1. The summed E-state index contributed by atoms with van der Waals surface area (Å²) >= 11 is 7.65. The number of thioether (sulfide) groups is 1. The molecule has 3 aromatic rings. The smallest absolute Gasteiger partial charge is 0.192 e. The van der Waals surface area contributed by atoms with Crippen molar-refractivity contribution in [2.45, 2.75) is 30.8 Å². The van der Waals surface area contributed by atoms with Crippen LogP contribution in [-0.2, 0) is 6.54 Å². The average molecular weight is 334 g/mol. The van der Waals surface area contributed by atoms with Crippen molar-refractivity contribution < 1.29 is 4.42 Å². The maximum atomic E-state index is 5.97. The molecule has 0 N–H and O–H groups in total. The number of benzene rings is 1. The lowest BCUT2D eigenvalue weighted by molar-refractivity contribution is 0.485. The van der Waals surface area contributed by atoms with E-state index in [4.69, 9.17) is 16.0 Å². The molecule has 114 valence electrons. The first kappa shape index (κ1) is 15.2. The highest BCUT2D eigenvalue weighted by molar-refractivity contribution is 7.99. The first-order valence-corrected chi connectivity index (χ1v) is 8.27. The zero-order valence-electron chi connectivity index (χ0n) is 12.4. The summed E-state index contributed by atoms with van der Waals surface area (Å²) in [4.78, 5) is 0. The number of halogens is 1. The summed E-state index contributed by atoms with van der Waals surface area (Å²) in [6, 6.07) is 11.5. The zero-order valence-corrected chi connectivity index (χ0v) is 13.9. The maximum absolute atomic E-state index is 5.97. The highest BCUT2D eigenvalue weighted by Gasteiger charge is 2.16. The standard InChI is InChI=1S/C16H16ClN3OS/c1-11(2)22-16-19-18-15(12-5-7-13(17)8-6-12)20(16)10-14-4-3-9-21-14/h3-9,11H,10H2,1-2H3. The van der Waals surface area contributed by atoms with E-state index < -0.39 is 0 Å². The summed E-state index contributed by atoms with van der Waals surface area (Å²) in [7, 11) is 0. The van der Waals surface area contributed by atoms with Gasteiger partial charge in [0.2, 0.25) is 0 Å². The van der Waals surface area contributed by atoms with Crippen molar-refractivity contribution in [3.63, 3.8) is 0 Å². The molecular weight excluding hydrogens is 318 g/mol. The van der Waals surface area contributed by atoms with Crippen LogP contribution in [-0.4, -0.2) is 20.0 Å². The number of rotatable bonds is 5. The van der Waals surface area contributed by atoms with Crippen molar-refractivity contribution in [1.82, 2.24) is 14.8 Å². The minimum absolute atomic E-state index is 0.428. The summed E-state index contributed by atoms with van der Waals surface area (Å²) in [5, 5.41) is 10.7. The molecular formula is C16H16ClN3OS. The van der Waals surface area contributed by atoms with Crippen LogP contribution >= 0.6 is 23.4 Å². The largest absolute Gasteiger partial charge is 0.467 e. The predicted molar refractivity (Wildman–Crippen MR) is 89.3 cm³/mol. The first-order valence-electron chi connectivity index (χ1n) is 7.01. The lowest BCUT2D eigenvalue weighted by Gasteiger charge is -2.10. The molecule has 0 atom stereocenters. The molecule has 4 nitrogen and oxygen atoms in total. The normalized spacial score (nSPS) is 11.3. The summed E-state index contributed by atoms with van der Waals surface area (Å²) in [5.74, 6) is 1.69. The van der Waals surface area contributed by atoms with E-state index in [0.717, 1.165) is 22.3 Å². The summed E-state index contributed by atoms with van der Waals surface area (Å²) in [6.07, 6.45) is 1.68. The molecule has 22 heavy (non-hydrogen) atoms. The van der Waals surface area contributed by atoms with Gasteiger partial charge < -0.3 is 4.42 Å². The van der Waals surface area contributed by atoms with E-state index in [-0.39, 0.29) is 0 Å². The van der Waals surface area contributed by atoms with Crippen molar-refractivity contribution in [3.8, 4) is 11.4 Å². The molecule has 0 spiro atoms. The lowest BCUT2D eigenvalue weighted by atomic mass is 10.2. The van der Waals surface area contributed by atoms with Gasteiger partial charge in [0.15, 0.2) is 11.0 Å². The second kappa shape index (κ2) is 6.58. The lowest BCUT2D eigenvalue weighted by Crippen LogP contribution is -2.04. The number of hydrogen-bond acceptors (Lipinski definition) is 4. The van der Waals surface area contributed by atoms with Gasteiger partial charge in [0, 0.05) is 15.8 Å². The fraction of sp³-hybridized carbons (Fsp3) is 0.250. The van der Waals surface area contributed by atoms with Crippen LogP contribution in [0.4, 0.5) is 0 Å². The Morgan fingerprint density at radius 1 is 1.18 bits per heavy atom. The fourth-order valence-electron chi connectivity index (χ4n) is 2.10. The van der Waals surface area contributed by atoms with Crippen LogP contribution in [0.2, 0.25) is 5.02 Å². The number of hydrogen-bond donors (Lipinski definition) is 0. The topological polar surface area (TPSA) is 43.9 Å². The van der Waals surface area contributed by atoms with Crippen molar-refractivity contribution in [2.75, 3.05) is 0 Å². The van der Waals surface area contributed by atoms with Crippen molar-refractivity contribution in [2.24, 2.45) is 0 Å². The third kappa shape index (κ3) is 3.36. The minimum Gasteiger partial charge on any atom is -0.467 e. The second-order valence-corrected chi connectivity index (χ2v) is 7.13. The molecule has 0 radical (unpaired) electrons. The Labute approximate surface area is 138 Å². The fourth-order valence-corrected chi connectivity index (χ4v) is 3.01. The Hall–Kier alpha value is -1.72. The Balaban J connectivity index is 2.01.